The van der Waals surface area contributed by atoms with Crippen LogP contribution in [0.3, 0.4) is 0 Å². The largest absolute Gasteiger partial charge is 0.319 e. The second-order valence-corrected chi connectivity index (χ2v) is 6.06. The van der Waals surface area contributed by atoms with Crippen molar-refractivity contribution in [3.05, 3.63) is 60.6 Å². The topological polar surface area (TPSA) is 35.1 Å². The van der Waals surface area contributed by atoms with Crippen LogP contribution in [0.4, 0.5) is 0 Å². The van der Waals surface area contributed by atoms with Crippen LogP contribution in [0.15, 0.2) is 60.0 Å². The Labute approximate surface area is 132 Å². The lowest BCUT2D eigenvalue weighted by molar-refractivity contribution is 0.702. The Morgan fingerprint density at radius 3 is 2.77 bits per heavy atom. The lowest BCUT2D eigenvalue weighted by Gasteiger charge is -2.04. The van der Waals surface area contributed by atoms with Gasteiger partial charge in [-0.05, 0) is 31.2 Å². The average Bonchev–Trinajstić information content (AvgIpc) is 3.12. The van der Waals surface area contributed by atoms with Crippen LogP contribution in [0.25, 0.3) is 16.7 Å². The highest BCUT2D eigenvalue weighted by atomic mass is 32.2. The maximum absolute atomic E-state index is 4.74. The van der Waals surface area contributed by atoms with Crippen molar-refractivity contribution in [2.75, 3.05) is 0 Å². The quantitative estimate of drug-likeness (QED) is 0.535. The van der Waals surface area contributed by atoms with Gasteiger partial charge in [-0.1, -0.05) is 30.0 Å². The molecule has 5 heteroatoms. The molecule has 0 radical (unpaired) electrons. The van der Waals surface area contributed by atoms with Gasteiger partial charge in [0.15, 0.2) is 5.16 Å². The molecule has 0 spiro atoms. The second-order valence-electron chi connectivity index (χ2n) is 5.11. The van der Waals surface area contributed by atoms with Crippen LogP contribution >= 0.6 is 11.8 Å². The standard InChI is InChI=1S/C17H16N4S/c1-2-21-15-8-4-3-7-14(15)19-17(21)22-12-13-11-20-10-6-5-9-16(20)18-13/h3-11H,2,12H2,1H3. The predicted octanol–water partition coefficient (Wildman–Crippen LogP) is 4.00. The van der Waals surface area contributed by atoms with Crippen molar-refractivity contribution in [1.82, 2.24) is 18.9 Å². The third kappa shape index (κ3) is 2.27. The molecule has 22 heavy (non-hydrogen) atoms. The molecular formula is C17H16N4S. The van der Waals surface area contributed by atoms with Crippen molar-refractivity contribution < 1.29 is 0 Å². The van der Waals surface area contributed by atoms with E-state index < -0.39 is 0 Å². The van der Waals surface area contributed by atoms with Crippen molar-refractivity contribution in [2.45, 2.75) is 24.4 Å². The molecule has 0 amide bonds. The molecule has 3 heterocycles. The fraction of sp³-hybridized carbons (Fsp3) is 0.176. The Morgan fingerprint density at radius 1 is 1.05 bits per heavy atom. The fourth-order valence-electron chi connectivity index (χ4n) is 2.66. The summed E-state index contributed by atoms with van der Waals surface area (Å²) in [6.07, 6.45) is 4.11. The molecule has 4 nitrogen and oxygen atoms in total. The zero-order chi connectivity index (χ0) is 14.9. The molecule has 3 aromatic heterocycles. The summed E-state index contributed by atoms with van der Waals surface area (Å²) < 4.78 is 4.31. The molecule has 110 valence electrons. The molecule has 0 unspecified atom stereocenters. The Morgan fingerprint density at radius 2 is 1.91 bits per heavy atom. The lowest BCUT2D eigenvalue weighted by atomic mass is 10.3. The molecule has 0 aliphatic carbocycles. The highest BCUT2D eigenvalue weighted by Gasteiger charge is 2.10. The van der Waals surface area contributed by atoms with Gasteiger partial charge >= 0.3 is 0 Å². The van der Waals surface area contributed by atoms with Gasteiger partial charge in [0.1, 0.15) is 5.65 Å². The number of hydrogen-bond acceptors (Lipinski definition) is 3. The van der Waals surface area contributed by atoms with E-state index in [1.807, 2.05) is 30.5 Å². The van der Waals surface area contributed by atoms with Crippen molar-refractivity contribution in [2.24, 2.45) is 0 Å². The minimum atomic E-state index is 0.824. The van der Waals surface area contributed by atoms with Crippen LogP contribution in [-0.2, 0) is 12.3 Å². The first-order valence-electron chi connectivity index (χ1n) is 7.36. The number of aromatic nitrogens is 4. The SMILES string of the molecule is CCn1c(SCc2cn3ccccc3n2)nc2ccccc21. The van der Waals surface area contributed by atoms with Crippen molar-refractivity contribution in [3.8, 4) is 0 Å². The number of hydrogen-bond donors (Lipinski definition) is 0. The molecule has 4 rings (SSSR count). The molecule has 1 aromatic carbocycles. The third-order valence-electron chi connectivity index (χ3n) is 3.70. The van der Waals surface area contributed by atoms with Crippen molar-refractivity contribution in [1.29, 1.82) is 0 Å². The third-order valence-corrected chi connectivity index (χ3v) is 4.71. The molecule has 0 atom stereocenters. The maximum Gasteiger partial charge on any atom is 0.169 e. The van der Waals surface area contributed by atoms with Crippen LogP contribution in [0, 0.1) is 0 Å². The van der Waals surface area contributed by atoms with Crippen LogP contribution in [0.1, 0.15) is 12.6 Å². The minimum Gasteiger partial charge on any atom is -0.319 e. The monoisotopic (exact) mass is 308 g/mol. The summed E-state index contributed by atoms with van der Waals surface area (Å²) in [7, 11) is 0. The first-order chi connectivity index (χ1) is 10.8. The Hall–Kier alpha value is -2.27. The van der Waals surface area contributed by atoms with Gasteiger partial charge in [0, 0.05) is 24.7 Å². The summed E-state index contributed by atoms with van der Waals surface area (Å²) in [5.41, 5.74) is 4.32. The summed E-state index contributed by atoms with van der Waals surface area (Å²) in [5.74, 6) is 0.824. The minimum absolute atomic E-state index is 0.824. The van der Waals surface area contributed by atoms with E-state index in [1.54, 1.807) is 11.8 Å². The van der Waals surface area contributed by atoms with Gasteiger partial charge in [0.05, 0.1) is 16.7 Å². The fourth-order valence-corrected chi connectivity index (χ4v) is 3.63. The molecule has 0 saturated heterocycles. The summed E-state index contributed by atoms with van der Waals surface area (Å²) >= 11 is 1.74. The normalized spacial score (nSPS) is 11.5. The van der Waals surface area contributed by atoms with Gasteiger partial charge in [-0.3, -0.25) is 0 Å². The van der Waals surface area contributed by atoms with E-state index in [-0.39, 0.29) is 0 Å². The number of para-hydroxylation sites is 2. The van der Waals surface area contributed by atoms with Crippen LogP contribution in [0.2, 0.25) is 0 Å². The molecule has 0 aliphatic rings. The number of imidazole rings is 2. The van der Waals surface area contributed by atoms with E-state index >= 15 is 0 Å². The number of pyridine rings is 1. The van der Waals surface area contributed by atoms with E-state index in [1.165, 1.54) is 5.52 Å². The molecular weight excluding hydrogens is 292 g/mol. The zero-order valence-corrected chi connectivity index (χ0v) is 13.1. The van der Waals surface area contributed by atoms with Crippen LogP contribution in [-0.4, -0.2) is 18.9 Å². The lowest BCUT2D eigenvalue weighted by Crippen LogP contribution is -1.96. The van der Waals surface area contributed by atoms with E-state index in [4.69, 9.17) is 4.98 Å². The smallest absolute Gasteiger partial charge is 0.169 e. The number of benzene rings is 1. The highest BCUT2D eigenvalue weighted by Crippen LogP contribution is 2.26. The van der Waals surface area contributed by atoms with Gasteiger partial charge in [-0.15, -0.1) is 0 Å². The summed E-state index contributed by atoms with van der Waals surface area (Å²) in [6, 6.07) is 14.3. The highest BCUT2D eigenvalue weighted by molar-refractivity contribution is 7.98. The van der Waals surface area contributed by atoms with Gasteiger partial charge in [0.2, 0.25) is 0 Å². The average molecular weight is 308 g/mol. The summed E-state index contributed by atoms with van der Waals surface area (Å²) in [5, 5.41) is 1.06. The summed E-state index contributed by atoms with van der Waals surface area (Å²) in [6.45, 7) is 3.08. The van der Waals surface area contributed by atoms with E-state index in [0.717, 1.165) is 34.3 Å². The Bertz CT molecular complexity index is 905. The van der Waals surface area contributed by atoms with Gasteiger partial charge < -0.3 is 8.97 Å². The first kappa shape index (κ1) is 13.4. The first-order valence-corrected chi connectivity index (χ1v) is 8.34. The number of fused-ring (bicyclic) bond motifs is 2. The van der Waals surface area contributed by atoms with Gasteiger partial charge in [-0.25, -0.2) is 9.97 Å². The number of nitrogens with zero attached hydrogens (tertiary/aromatic N) is 4. The summed E-state index contributed by atoms with van der Waals surface area (Å²) in [4.78, 5) is 9.39. The maximum atomic E-state index is 4.74. The molecule has 0 bridgehead atoms. The predicted molar refractivity (Wildman–Crippen MR) is 90.2 cm³/mol. The van der Waals surface area contributed by atoms with Crippen LogP contribution < -0.4 is 0 Å². The van der Waals surface area contributed by atoms with Crippen molar-refractivity contribution >= 4 is 28.4 Å². The van der Waals surface area contributed by atoms with Gasteiger partial charge in [-0.2, -0.15) is 0 Å². The van der Waals surface area contributed by atoms with Crippen molar-refractivity contribution in [3.63, 3.8) is 0 Å². The zero-order valence-electron chi connectivity index (χ0n) is 12.3. The van der Waals surface area contributed by atoms with Gasteiger partial charge in [0.25, 0.3) is 0 Å². The Balaban J connectivity index is 1.63. The van der Waals surface area contributed by atoms with E-state index in [9.17, 15) is 0 Å². The van der Waals surface area contributed by atoms with Crippen LogP contribution in [0.5, 0.6) is 0 Å². The molecule has 0 N–H and O–H groups in total. The second kappa shape index (κ2) is 5.50. The van der Waals surface area contributed by atoms with E-state index in [0.29, 0.717) is 0 Å². The molecule has 4 aromatic rings. The molecule has 0 aliphatic heterocycles. The Kier molecular flexibility index (Phi) is 3.35. The van der Waals surface area contributed by atoms with E-state index in [2.05, 4.69) is 45.3 Å². The number of thioether (sulfide) groups is 1. The number of aryl methyl sites for hydroxylation is 1. The molecule has 0 fully saturated rings. The molecule has 0 saturated carbocycles. The number of rotatable bonds is 4.